The van der Waals surface area contributed by atoms with Gasteiger partial charge in [0, 0.05) is 25.2 Å². The minimum absolute atomic E-state index is 0.261. The maximum Gasteiger partial charge on any atom is 0.146 e. The molecule has 0 saturated heterocycles. The summed E-state index contributed by atoms with van der Waals surface area (Å²) in [6.07, 6.45) is -0.672. The molecule has 3 nitrogen and oxygen atoms in total. The number of anilines is 1. The molecule has 0 heterocycles. The van der Waals surface area contributed by atoms with Crippen LogP contribution in [0.4, 0.5) is 10.1 Å². The van der Waals surface area contributed by atoms with Crippen LogP contribution in [0.25, 0.3) is 0 Å². The molecule has 0 aliphatic heterocycles. The zero-order chi connectivity index (χ0) is 15.3. The van der Waals surface area contributed by atoms with E-state index in [1.165, 1.54) is 6.07 Å². The predicted molar refractivity (Wildman–Crippen MR) is 82.6 cm³/mol. The summed E-state index contributed by atoms with van der Waals surface area (Å²) in [4.78, 5) is 4.12. The van der Waals surface area contributed by atoms with Crippen molar-refractivity contribution < 1.29 is 9.50 Å². The van der Waals surface area contributed by atoms with Gasteiger partial charge in [0.15, 0.2) is 0 Å². The highest BCUT2D eigenvalue weighted by Crippen LogP contribution is 2.29. The lowest BCUT2D eigenvalue weighted by Crippen LogP contribution is -2.35. The molecule has 114 valence electrons. The van der Waals surface area contributed by atoms with Crippen LogP contribution in [0, 0.1) is 11.7 Å². The van der Waals surface area contributed by atoms with E-state index in [0.717, 1.165) is 19.6 Å². The van der Waals surface area contributed by atoms with Crippen LogP contribution >= 0.6 is 0 Å². The van der Waals surface area contributed by atoms with E-state index in [4.69, 9.17) is 0 Å². The predicted octanol–water partition coefficient (Wildman–Crippen LogP) is 2.90. The number of nitrogens with zero attached hydrogens (tertiary/aromatic N) is 2. The minimum Gasteiger partial charge on any atom is -0.389 e. The van der Waals surface area contributed by atoms with Gasteiger partial charge >= 0.3 is 0 Å². The topological polar surface area (TPSA) is 26.7 Å². The van der Waals surface area contributed by atoms with Gasteiger partial charge < -0.3 is 14.9 Å². The molecular formula is C16H27FN2O. The molecule has 1 rings (SSSR count). The lowest BCUT2D eigenvalue weighted by molar-refractivity contribution is 0.199. The van der Waals surface area contributed by atoms with Gasteiger partial charge in [0.2, 0.25) is 0 Å². The number of para-hydroxylation sites is 1. The number of hydrogen-bond acceptors (Lipinski definition) is 3. The van der Waals surface area contributed by atoms with E-state index in [1.807, 2.05) is 19.0 Å². The van der Waals surface area contributed by atoms with Gasteiger partial charge in [-0.25, -0.2) is 4.39 Å². The molecule has 0 aliphatic rings. The van der Waals surface area contributed by atoms with Crippen molar-refractivity contribution in [3.8, 4) is 0 Å². The van der Waals surface area contributed by atoms with Crippen LogP contribution in [0.1, 0.15) is 32.4 Å². The van der Waals surface area contributed by atoms with Crippen LogP contribution < -0.4 is 4.90 Å². The summed E-state index contributed by atoms with van der Waals surface area (Å²) in [6, 6.07) is 4.91. The van der Waals surface area contributed by atoms with Gasteiger partial charge in [-0.1, -0.05) is 26.0 Å². The monoisotopic (exact) mass is 282 g/mol. The number of aliphatic hydroxyl groups is 1. The number of hydrogen-bond donors (Lipinski definition) is 1. The maximum atomic E-state index is 14.3. The van der Waals surface area contributed by atoms with E-state index in [2.05, 4.69) is 18.7 Å². The normalized spacial score (nSPS) is 13.1. The van der Waals surface area contributed by atoms with Crippen LogP contribution in [-0.2, 0) is 0 Å². The van der Waals surface area contributed by atoms with Crippen molar-refractivity contribution in [1.29, 1.82) is 0 Å². The standard InChI is InChI=1S/C16H27FN2O/c1-12(2)11-19(10-9-18(4)5)16-14(13(3)20)7-6-8-15(16)17/h6-8,12-13,20H,9-11H2,1-5H3. The molecule has 0 aliphatic carbocycles. The highest BCUT2D eigenvalue weighted by atomic mass is 19.1. The molecule has 1 unspecified atom stereocenters. The van der Waals surface area contributed by atoms with Crippen molar-refractivity contribution >= 4 is 5.69 Å². The van der Waals surface area contributed by atoms with Gasteiger partial charge in [0.1, 0.15) is 5.82 Å². The fourth-order valence-corrected chi connectivity index (χ4v) is 2.26. The molecule has 1 N–H and O–H groups in total. The van der Waals surface area contributed by atoms with Gasteiger partial charge in [-0.15, -0.1) is 0 Å². The lowest BCUT2D eigenvalue weighted by Gasteiger charge is -2.31. The van der Waals surface area contributed by atoms with Crippen LogP contribution in [0.5, 0.6) is 0 Å². The first kappa shape index (κ1) is 16.9. The second kappa shape index (κ2) is 7.60. The highest BCUT2D eigenvalue weighted by Gasteiger charge is 2.19. The summed E-state index contributed by atoms with van der Waals surface area (Å²) in [5, 5.41) is 9.89. The Balaban J connectivity index is 3.11. The smallest absolute Gasteiger partial charge is 0.146 e. The second-order valence-corrected chi connectivity index (χ2v) is 6.00. The highest BCUT2D eigenvalue weighted by molar-refractivity contribution is 5.56. The molecular weight excluding hydrogens is 255 g/mol. The van der Waals surface area contributed by atoms with Crippen molar-refractivity contribution in [3.05, 3.63) is 29.6 Å². The number of likely N-dealkylation sites (N-methyl/N-ethyl adjacent to an activating group) is 1. The Kier molecular flexibility index (Phi) is 6.43. The third kappa shape index (κ3) is 4.76. The summed E-state index contributed by atoms with van der Waals surface area (Å²) in [6.45, 7) is 8.27. The van der Waals surface area contributed by atoms with Gasteiger partial charge in [-0.2, -0.15) is 0 Å². The maximum absolute atomic E-state index is 14.3. The molecule has 1 aromatic rings. The first-order valence-electron chi connectivity index (χ1n) is 7.19. The van der Waals surface area contributed by atoms with Crippen molar-refractivity contribution in [2.75, 3.05) is 38.6 Å². The first-order chi connectivity index (χ1) is 9.32. The van der Waals surface area contributed by atoms with Crippen molar-refractivity contribution in [3.63, 3.8) is 0 Å². The molecule has 1 atom stereocenters. The van der Waals surface area contributed by atoms with Crippen LogP contribution in [0.2, 0.25) is 0 Å². The Labute approximate surface area is 122 Å². The number of benzene rings is 1. The van der Waals surface area contributed by atoms with Gasteiger partial charge in [0.25, 0.3) is 0 Å². The Morgan fingerprint density at radius 1 is 1.15 bits per heavy atom. The van der Waals surface area contributed by atoms with Gasteiger partial charge in [-0.05, 0) is 33.0 Å². The summed E-state index contributed by atoms with van der Waals surface area (Å²) in [5.41, 5.74) is 1.20. The molecule has 0 spiro atoms. The molecule has 0 amide bonds. The fourth-order valence-electron chi connectivity index (χ4n) is 2.26. The Hall–Kier alpha value is -1.13. The molecule has 0 fully saturated rings. The Bertz CT molecular complexity index is 419. The Morgan fingerprint density at radius 2 is 1.80 bits per heavy atom. The van der Waals surface area contributed by atoms with E-state index in [-0.39, 0.29) is 5.82 Å². The number of aliphatic hydroxyl groups excluding tert-OH is 1. The van der Waals surface area contributed by atoms with Crippen LogP contribution in [-0.4, -0.2) is 43.7 Å². The second-order valence-electron chi connectivity index (χ2n) is 6.00. The quantitative estimate of drug-likeness (QED) is 0.833. The molecule has 0 saturated carbocycles. The van der Waals surface area contributed by atoms with Gasteiger partial charge in [-0.3, -0.25) is 0 Å². The van der Waals surface area contributed by atoms with Crippen LogP contribution in [0.3, 0.4) is 0 Å². The minimum atomic E-state index is -0.672. The summed E-state index contributed by atoms with van der Waals surface area (Å²) in [7, 11) is 4.01. The van der Waals surface area contributed by atoms with E-state index in [1.54, 1.807) is 19.1 Å². The average Bonchev–Trinajstić information content (AvgIpc) is 2.33. The third-order valence-corrected chi connectivity index (χ3v) is 3.19. The van der Waals surface area contributed by atoms with Crippen molar-refractivity contribution in [1.82, 2.24) is 4.90 Å². The van der Waals surface area contributed by atoms with Gasteiger partial charge in [0.05, 0.1) is 11.8 Å². The number of halogens is 1. The zero-order valence-electron chi connectivity index (χ0n) is 13.2. The van der Waals surface area contributed by atoms with E-state index < -0.39 is 6.10 Å². The molecule has 0 aromatic heterocycles. The third-order valence-electron chi connectivity index (χ3n) is 3.19. The summed E-state index contributed by atoms with van der Waals surface area (Å²) < 4.78 is 14.3. The van der Waals surface area contributed by atoms with E-state index in [9.17, 15) is 9.50 Å². The lowest BCUT2D eigenvalue weighted by atomic mass is 10.1. The first-order valence-corrected chi connectivity index (χ1v) is 7.19. The van der Waals surface area contributed by atoms with Crippen molar-refractivity contribution in [2.45, 2.75) is 26.9 Å². The van der Waals surface area contributed by atoms with E-state index in [0.29, 0.717) is 17.2 Å². The molecule has 0 radical (unpaired) electrons. The SMILES string of the molecule is CC(C)CN(CCN(C)C)c1c(F)cccc1C(C)O. The van der Waals surface area contributed by atoms with E-state index >= 15 is 0 Å². The molecule has 20 heavy (non-hydrogen) atoms. The summed E-state index contributed by atoms with van der Waals surface area (Å²) >= 11 is 0. The molecule has 1 aromatic carbocycles. The summed E-state index contributed by atoms with van der Waals surface area (Å²) in [5.74, 6) is 0.168. The van der Waals surface area contributed by atoms with Crippen LogP contribution in [0.15, 0.2) is 18.2 Å². The molecule has 0 bridgehead atoms. The largest absolute Gasteiger partial charge is 0.389 e. The average molecular weight is 282 g/mol. The van der Waals surface area contributed by atoms with Crippen molar-refractivity contribution in [2.24, 2.45) is 5.92 Å². The fraction of sp³-hybridized carbons (Fsp3) is 0.625. The zero-order valence-corrected chi connectivity index (χ0v) is 13.2. The Morgan fingerprint density at radius 3 is 2.30 bits per heavy atom. The number of rotatable bonds is 7. The molecule has 4 heteroatoms.